The predicted molar refractivity (Wildman–Crippen MR) is 89.5 cm³/mol. The van der Waals surface area contributed by atoms with Crippen LogP contribution in [0.3, 0.4) is 0 Å². The number of anilines is 1. The molecule has 2 N–H and O–H groups in total. The highest BCUT2D eigenvalue weighted by Gasteiger charge is 2.21. The Morgan fingerprint density at radius 3 is 2.78 bits per heavy atom. The van der Waals surface area contributed by atoms with Crippen molar-refractivity contribution in [2.45, 2.75) is 32.7 Å². The van der Waals surface area contributed by atoms with Crippen LogP contribution in [0.25, 0.3) is 0 Å². The van der Waals surface area contributed by atoms with Gasteiger partial charge in [-0.25, -0.2) is 0 Å². The van der Waals surface area contributed by atoms with E-state index in [0.29, 0.717) is 24.5 Å². The average Bonchev–Trinajstić information content (AvgIpc) is 3.09. The number of hydrogen-bond acceptors (Lipinski definition) is 4. The molecule has 1 aliphatic heterocycles. The Kier molecular flexibility index (Phi) is 6.40. The van der Waals surface area contributed by atoms with Gasteiger partial charge in [-0.1, -0.05) is 6.07 Å². The van der Waals surface area contributed by atoms with Crippen LogP contribution >= 0.6 is 0 Å². The lowest BCUT2D eigenvalue weighted by Gasteiger charge is -2.18. The smallest absolute Gasteiger partial charge is 0.260 e. The average molecular weight is 319 g/mol. The largest absolute Gasteiger partial charge is 0.484 e. The zero-order valence-corrected chi connectivity index (χ0v) is 13.8. The molecule has 1 unspecified atom stereocenters. The lowest BCUT2D eigenvalue weighted by Crippen LogP contribution is -2.35. The van der Waals surface area contributed by atoms with Gasteiger partial charge in [0.05, 0.1) is 6.04 Å². The molecular formula is C17H25N3O3. The third-order valence-corrected chi connectivity index (χ3v) is 3.96. The zero-order chi connectivity index (χ0) is 16.7. The third kappa shape index (κ3) is 4.96. The van der Waals surface area contributed by atoms with E-state index in [1.165, 1.54) is 0 Å². The van der Waals surface area contributed by atoms with Crippen LogP contribution in [-0.4, -0.2) is 49.0 Å². The first-order valence-electron chi connectivity index (χ1n) is 8.19. The van der Waals surface area contributed by atoms with E-state index in [-0.39, 0.29) is 24.5 Å². The van der Waals surface area contributed by atoms with E-state index < -0.39 is 0 Å². The highest BCUT2D eigenvalue weighted by molar-refractivity contribution is 5.95. The second-order valence-corrected chi connectivity index (χ2v) is 5.52. The molecule has 2 amide bonds. The predicted octanol–water partition coefficient (Wildman–Crippen LogP) is 1.62. The molecule has 1 saturated heterocycles. The molecule has 1 atom stereocenters. The summed E-state index contributed by atoms with van der Waals surface area (Å²) in [6.45, 7) is 6.10. The molecule has 0 aromatic heterocycles. The first-order valence-corrected chi connectivity index (χ1v) is 8.19. The fourth-order valence-corrected chi connectivity index (χ4v) is 2.61. The third-order valence-electron chi connectivity index (χ3n) is 3.96. The van der Waals surface area contributed by atoms with E-state index in [0.717, 1.165) is 19.4 Å². The van der Waals surface area contributed by atoms with Crippen LogP contribution in [0.4, 0.5) is 5.69 Å². The molecule has 0 saturated carbocycles. The first kappa shape index (κ1) is 17.3. The van der Waals surface area contributed by atoms with Crippen molar-refractivity contribution in [3.8, 4) is 5.75 Å². The molecule has 1 aromatic carbocycles. The van der Waals surface area contributed by atoms with Crippen LogP contribution in [-0.2, 0) is 9.59 Å². The molecule has 6 heteroatoms. The monoisotopic (exact) mass is 319 g/mol. The highest BCUT2D eigenvalue weighted by Crippen LogP contribution is 2.18. The van der Waals surface area contributed by atoms with Crippen LogP contribution in [0, 0.1) is 0 Å². The van der Waals surface area contributed by atoms with Crippen LogP contribution in [0.1, 0.15) is 26.7 Å². The summed E-state index contributed by atoms with van der Waals surface area (Å²) in [5.74, 6) is 0.501. The second kappa shape index (κ2) is 8.53. The summed E-state index contributed by atoms with van der Waals surface area (Å²) in [6, 6.07) is 7.01. The van der Waals surface area contributed by atoms with E-state index in [9.17, 15) is 9.59 Å². The van der Waals surface area contributed by atoms with E-state index >= 15 is 0 Å². The van der Waals surface area contributed by atoms with Crippen LogP contribution in [0.15, 0.2) is 24.3 Å². The van der Waals surface area contributed by atoms with Crippen LogP contribution in [0.5, 0.6) is 5.75 Å². The molecule has 1 fully saturated rings. The molecule has 0 spiro atoms. The van der Waals surface area contributed by atoms with E-state index in [1.54, 1.807) is 23.1 Å². The summed E-state index contributed by atoms with van der Waals surface area (Å²) in [5.41, 5.74) is 0.677. The van der Waals surface area contributed by atoms with Crippen molar-refractivity contribution < 1.29 is 14.3 Å². The first-order chi connectivity index (χ1) is 11.1. The minimum Gasteiger partial charge on any atom is -0.484 e. The van der Waals surface area contributed by atoms with Crippen LogP contribution < -0.4 is 15.4 Å². The number of carbonyl (C=O) groups excluding carboxylic acids is 2. The fraction of sp³-hybridized carbons (Fsp3) is 0.529. The Balaban J connectivity index is 1.89. The van der Waals surface area contributed by atoms with Gasteiger partial charge >= 0.3 is 0 Å². The molecule has 0 aliphatic carbocycles. The normalized spacial score (nSPS) is 16.9. The minimum atomic E-state index is -0.121. The quantitative estimate of drug-likeness (QED) is 0.801. The van der Waals surface area contributed by atoms with E-state index in [4.69, 9.17) is 4.74 Å². The van der Waals surface area contributed by atoms with E-state index in [1.807, 2.05) is 19.9 Å². The number of nitrogens with one attached hydrogen (secondary N) is 2. The maximum atomic E-state index is 12.1. The van der Waals surface area contributed by atoms with Crippen molar-refractivity contribution in [2.24, 2.45) is 0 Å². The molecule has 23 heavy (non-hydrogen) atoms. The van der Waals surface area contributed by atoms with Crippen LogP contribution in [0.2, 0.25) is 0 Å². The molecule has 0 bridgehead atoms. The Labute approximate surface area is 137 Å². The fourth-order valence-electron chi connectivity index (χ4n) is 2.61. The molecule has 0 radical (unpaired) electrons. The summed E-state index contributed by atoms with van der Waals surface area (Å²) in [4.78, 5) is 25.7. The van der Waals surface area contributed by atoms with Crippen molar-refractivity contribution in [1.29, 1.82) is 0 Å². The Morgan fingerprint density at radius 2 is 2.13 bits per heavy atom. The number of hydrogen-bond donors (Lipinski definition) is 2. The molecule has 126 valence electrons. The molecule has 1 heterocycles. The van der Waals surface area contributed by atoms with Crippen molar-refractivity contribution in [3.05, 3.63) is 24.3 Å². The van der Waals surface area contributed by atoms with Gasteiger partial charge in [0.25, 0.3) is 5.91 Å². The van der Waals surface area contributed by atoms with Crippen molar-refractivity contribution in [3.63, 3.8) is 0 Å². The van der Waals surface area contributed by atoms with Crippen molar-refractivity contribution >= 4 is 17.5 Å². The second-order valence-electron chi connectivity index (χ2n) is 5.52. The van der Waals surface area contributed by atoms with Crippen molar-refractivity contribution in [1.82, 2.24) is 10.2 Å². The highest BCUT2D eigenvalue weighted by atomic mass is 16.5. The molecule has 1 aromatic rings. The summed E-state index contributed by atoms with van der Waals surface area (Å²) in [7, 11) is 0. The Bertz CT molecular complexity index is 538. The molecule has 1 aliphatic rings. The lowest BCUT2D eigenvalue weighted by atomic mass is 10.2. The van der Waals surface area contributed by atoms with Gasteiger partial charge in [-0.2, -0.15) is 0 Å². The molecular weight excluding hydrogens is 294 g/mol. The summed E-state index contributed by atoms with van der Waals surface area (Å²) in [6.07, 6.45) is 1.88. The van der Waals surface area contributed by atoms with E-state index in [2.05, 4.69) is 10.6 Å². The minimum absolute atomic E-state index is 0.00323. The number of carbonyl (C=O) groups is 2. The summed E-state index contributed by atoms with van der Waals surface area (Å²) >= 11 is 0. The summed E-state index contributed by atoms with van der Waals surface area (Å²) < 4.78 is 5.54. The van der Waals surface area contributed by atoms with Gasteiger partial charge in [0.2, 0.25) is 5.91 Å². The maximum Gasteiger partial charge on any atom is 0.260 e. The number of ether oxygens (including phenoxy) is 1. The van der Waals surface area contributed by atoms with Gasteiger partial charge in [0, 0.05) is 24.8 Å². The Morgan fingerprint density at radius 1 is 1.35 bits per heavy atom. The maximum absolute atomic E-state index is 12.1. The number of likely N-dealkylation sites (N-methyl/N-ethyl adjacent to an activating group) is 1. The number of amides is 2. The van der Waals surface area contributed by atoms with Gasteiger partial charge in [-0.05, 0) is 45.4 Å². The summed E-state index contributed by atoms with van der Waals surface area (Å²) in [5, 5.41) is 6.04. The molecule has 2 rings (SSSR count). The Hall–Kier alpha value is -2.08. The lowest BCUT2D eigenvalue weighted by molar-refractivity contribution is -0.133. The van der Waals surface area contributed by atoms with Gasteiger partial charge in [-0.15, -0.1) is 0 Å². The topological polar surface area (TPSA) is 70.7 Å². The van der Waals surface area contributed by atoms with Crippen molar-refractivity contribution in [2.75, 3.05) is 31.6 Å². The van der Waals surface area contributed by atoms with Gasteiger partial charge in [0.15, 0.2) is 6.61 Å². The number of benzene rings is 1. The van der Waals surface area contributed by atoms with Gasteiger partial charge in [-0.3, -0.25) is 9.59 Å². The number of nitrogens with zero attached hydrogens (tertiary/aromatic N) is 1. The number of rotatable bonds is 7. The SMILES string of the molecule is CCN(CC)C(=O)COc1cccc(NC(=O)C2CCCN2)c1. The standard InChI is InChI=1S/C17H25N3O3/c1-3-20(4-2)16(21)12-23-14-8-5-7-13(11-14)19-17(22)15-9-6-10-18-15/h5,7-8,11,15,18H,3-4,6,9-10,12H2,1-2H3,(H,19,22). The van der Waals surface area contributed by atoms with Gasteiger partial charge < -0.3 is 20.3 Å². The van der Waals surface area contributed by atoms with Gasteiger partial charge in [0.1, 0.15) is 5.75 Å². The zero-order valence-electron chi connectivity index (χ0n) is 13.8. The molecule has 6 nitrogen and oxygen atoms in total.